The van der Waals surface area contributed by atoms with E-state index in [0.717, 1.165) is 18.5 Å². The first-order chi connectivity index (χ1) is 11.0. The number of anilines is 1. The predicted molar refractivity (Wildman–Crippen MR) is 87.6 cm³/mol. The maximum Gasteiger partial charge on any atom is 0.295 e. The zero-order valence-corrected chi connectivity index (χ0v) is 13.1. The zero-order chi connectivity index (χ0) is 16.6. The molecule has 23 heavy (non-hydrogen) atoms. The summed E-state index contributed by atoms with van der Waals surface area (Å²) in [6.07, 6.45) is 2.08. The van der Waals surface area contributed by atoms with E-state index < -0.39 is 4.92 Å². The number of aromatic nitrogens is 1. The van der Waals surface area contributed by atoms with Gasteiger partial charge >= 0.3 is 0 Å². The molecule has 0 spiro atoms. The van der Waals surface area contributed by atoms with E-state index >= 15 is 0 Å². The van der Waals surface area contributed by atoms with Crippen LogP contribution in [-0.4, -0.2) is 35.4 Å². The third kappa shape index (κ3) is 3.23. The molecule has 3 rings (SSSR count). The van der Waals surface area contributed by atoms with Gasteiger partial charge in [-0.15, -0.1) is 0 Å². The van der Waals surface area contributed by atoms with Gasteiger partial charge in [-0.3, -0.25) is 14.9 Å². The van der Waals surface area contributed by atoms with Gasteiger partial charge in [0.05, 0.1) is 11.5 Å². The molecule has 1 saturated carbocycles. The van der Waals surface area contributed by atoms with Crippen LogP contribution in [0.5, 0.6) is 0 Å². The molecule has 7 nitrogen and oxygen atoms in total. The number of non-ortho nitro benzene ring substituents is 1. The average molecular weight is 314 g/mol. The van der Waals surface area contributed by atoms with Crippen LogP contribution in [0.15, 0.2) is 24.3 Å². The number of aryl methyl sites for hydroxylation is 1. The Morgan fingerprint density at radius 2 is 2.22 bits per heavy atom. The normalized spacial score (nSPS) is 13.8. The fraction of sp³-hybridized carbons (Fsp3) is 0.375. The van der Waals surface area contributed by atoms with Crippen LogP contribution in [-0.2, 0) is 4.79 Å². The molecule has 1 fully saturated rings. The molecule has 0 saturated heterocycles. The summed E-state index contributed by atoms with van der Waals surface area (Å²) in [6.45, 7) is 2.00. The second kappa shape index (κ2) is 5.83. The lowest BCUT2D eigenvalue weighted by atomic mass is 10.1. The average Bonchev–Trinajstić information content (AvgIpc) is 3.29. The quantitative estimate of drug-likeness (QED) is 0.675. The molecular weight excluding hydrogens is 296 g/mol. The summed E-state index contributed by atoms with van der Waals surface area (Å²) in [5.74, 6) is -0.0388. The van der Waals surface area contributed by atoms with Crippen LogP contribution in [0.4, 0.5) is 11.4 Å². The first-order valence-electron chi connectivity index (χ1n) is 7.51. The number of nitro groups is 1. The van der Waals surface area contributed by atoms with E-state index in [4.69, 9.17) is 0 Å². The van der Waals surface area contributed by atoms with Crippen molar-refractivity contribution in [2.24, 2.45) is 0 Å². The van der Waals surface area contributed by atoms with Gasteiger partial charge in [0.2, 0.25) is 5.91 Å². The first kappa shape index (κ1) is 15.2. The minimum absolute atomic E-state index is 0.0247. The monoisotopic (exact) mass is 314 g/mol. The number of nitrogens with one attached hydrogen (secondary N) is 1. The number of likely N-dealkylation sites (N-methyl/N-ethyl adjacent to an activating group) is 1. The highest BCUT2D eigenvalue weighted by Gasteiger charge is 2.24. The highest BCUT2D eigenvalue weighted by molar-refractivity contribution is 5.98. The molecule has 1 aromatic heterocycles. The Bertz CT molecular complexity index is 786. The lowest BCUT2D eigenvalue weighted by Gasteiger charge is -2.21. The van der Waals surface area contributed by atoms with Gasteiger partial charge in [-0.05, 0) is 25.8 Å². The van der Waals surface area contributed by atoms with Crippen molar-refractivity contribution in [3.8, 4) is 0 Å². The van der Waals surface area contributed by atoms with Gasteiger partial charge < -0.3 is 10.2 Å². The number of hydrogen-bond donors (Lipinski definition) is 1. The van der Waals surface area contributed by atoms with Crippen molar-refractivity contribution in [1.82, 2.24) is 10.3 Å². The zero-order valence-electron chi connectivity index (χ0n) is 13.1. The number of amides is 1. The maximum absolute atomic E-state index is 12.0. The van der Waals surface area contributed by atoms with E-state index in [1.165, 1.54) is 6.07 Å². The molecule has 0 atom stereocenters. The van der Waals surface area contributed by atoms with E-state index in [0.29, 0.717) is 22.6 Å². The Morgan fingerprint density at radius 3 is 2.87 bits per heavy atom. The van der Waals surface area contributed by atoms with Crippen LogP contribution in [0.1, 0.15) is 18.5 Å². The fourth-order valence-corrected chi connectivity index (χ4v) is 2.60. The molecule has 2 aromatic rings. The minimum atomic E-state index is -0.432. The summed E-state index contributed by atoms with van der Waals surface area (Å²) in [7, 11) is 1.81. The second-order valence-electron chi connectivity index (χ2n) is 5.91. The number of pyridine rings is 1. The number of nitro benzene ring substituents is 1. The van der Waals surface area contributed by atoms with E-state index in [9.17, 15) is 14.9 Å². The molecule has 1 heterocycles. The number of hydrogen-bond acceptors (Lipinski definition) is 5. The summed E-state index contributed by atoms with van der Waals surface area (Å²) in [6, 6.07) is 7.03. The number of benzene rings is 1. The molecule has 1 aliphatic carbocycles. The first-order valence-corrected chi connectivity index (χ1v) is 7.51. The Morgan fingerprint density at radius 1 is 1.48 bits per heavy atom. The smallest absolute Gasteiger partial charge is 0.295 e. The van der Waals surface area contributed by atoms with Gasteiger partial charge in [-0.25, -0.2) is 4.98 Å². The molecule has 0 radical (unpaired) electrons. The van der Waals surface area contributed by atoms with E-state index in [2.05, 4.69) is 10.3 Å². The van der Waals surface area contributed by atoms with Crippen LogP contribution < -0.4 is 10.2 Å². The molecule has 1 aromatic carbocycles. The van der Waals surface area contributed by atoms with E-state index in [-0.39, 0.29) is 18.1 Å². The molecular formula is C16H18N4O3. The molecule has 120 valence electrons. The Kier molecular flexibility index (Phi) is 3.85. The van der Waals surface area contributed by atoms with Crippen molar-refractivity contribution < 1.29 is 9.72 Å². The van der Waals surface area contributed by atoms with Crippen LogP contribution in [0.2, 0.25) is 0 Å². The van der Waals surface area contributed by atoms with Crippen molar-refractivity contribution in [2.45, 2.75) is 25.8 Å². The van der Waals surface area contributed by atoms with Crippen molar-refractivity contribution in [2.75, 3.05) is 18.5 Å². The number of rotatable bonds is 5. The van der Waals surface area contributed by atoms with Crippen LogP contribution in [0.25, 0.3) is 10.9 Å². The van der Waals surface area contributed by atoms with Crippen molar-refractivity contribution in [3.63, 3.8) is 0 Å². The Balaban J connectivity index is 1.97. The van der Waals surface area contributed by atoms with Crippen molar-refractivity contribution in [3.05, 3.63) is 40.1 Å². The summed E-state index contributed by atoms with van der Waals surface area (Å²) < 4.78 is 0. The number of fused-ring (bicyclic) bond motifs is 1. The summed E-state index contributed by atoms with van der Waals surface area (Å²) in [5, 5.41) is 14.8. The maximum atomic E-state index is 12.0. The van der Waals surface area contributed by atoms with Gasteiger partial charge in [0, 0.05) is 35.9 Å². The highest BCUT2D eigenvalue weighted by atomic mass is 16.6. The van der Waals surface area contributed by atoms with E-state index in [1.54, 1.807) is 31.0 Å². The predicted octanol–water partition coefficient (Wildman–Crippen LogP) is 2.17. The minimum Gasteiger partial charge on any atom is -0.365 e. The second-order valence-corrected chi connectivity index (χ2v) is 5.91. The highest BCUT2D eigenvalue weighted by Crippen LogP contribution is 2.31. The van der Waals surface area contributed by atoms with Gasteiger partial charge in [-0.1, -0.05) is 12.1 Å². The lowest BCUT2D eigenvalue weighted by Crippen LogP contribution is -2.36. The molecule has 7 heteroatoms. The Hall–Kier alpha value is -2.70. The standard InChI is InChI=1S/C16H18N4O3/c1-10-8-14(19(2)9-15(21)18-11-6-7-11)12-4-3-5-13(20(22)23)16(12)17-10/h3-5,8,11H,6-7,9H2,1-2H3,(H,18,21). The summed E-state index contributed by atoms with van der Waals surface area (Å²) >= 11 is 0. The lowest BCUT2D eigenvalue weighted by molar-refractivity contribution is -0.383. The van der Waals surface area contributed by atoms with Crippen LogP contribution >= 0.6 is 0 Å². The Labute approximate surface area is 133 Å². The molecule has 0 aliphatic heterocycles. The fourth-order valence-electron chi connectivity index (χ4n) is 2.60. The van der Waals surface area contributed by atoms with Gasteiger partial charge in [0.15, 0.2) is 5.52 Å². The van der Waals surface area contributed by atoms with Gasteiger partial charge in [0.25, 0.3) is 5.69 Å². The topological polar surface area (TPSA) is 88.4 Å². The number of nitrogens with zero attached hydrogens (tertiary/aromatic N) is 3. The molecule has 1 aliphatic rings. The van der Waals surface area contributed by atoms with Gasteiger partial charge in [0.1, 0.15) is 0 Å². The molecule has 0 unspecified atom stereocenters. The molecule has 1 N–H and O–H groups in total. The number of carbonyl (C=O) groups excluding carboxylic acids is 1. The van der Waals surface area contributed by atoms with Crippen LogP contribution in [0.3, 0.4) is 0 Å². The largest absolute Gasteiger partial charge is 0.365 e. The molecule has 0 bridgehead atoms. The van der Waals surface area contributed by atoms with Crippen molar-refractivity contribution >= 4 is 28.2 Å². The van der Waals surface area contributed by atoms with Crippen molar-refractivity contribution in [1.29, 1.82) is 0 Å². The van der Waals surface area contributed by atoms with Crippen LogP contribution in [0, 0.1) is 17.0 Å². The summed E-state index contributed by atoms with van der Waals surface area (Å²) in [5.41, 5.74) is 1.77. The number of para-hydroxylation sites is 1. The third-order valence-electron chi connectivity index (χ3n) is 3.86. The molecule has 1 amide bonds. The third-order valence-corrected chi connectivity index (χ3v) is 3.86. The van der Waals surface area contributed by atoms with Gasteiger partial charge in [-0.2, -0.15) is 0 Å². The number of carbonyl (C=O) groups is 1. The van der Waals surface area contributed by atoms with E-state index in [1.807, 2.05) is 6.07 Å². The summed E-state index contributed by atoms with van der Waals surface area (Å²) in [4.78, 5) is 28.9. The SMILES string of the molecule is Cc1cc(N(C)CC(=O)NC2CC2)c2cccc([N+](=O)[O-])c2n1.